The molecule has 0 unspecified atom stereocenters. The summed E-state index contributed by atoms with van der Waals surface area (Å²) in [5, 5.41) is -0.456. The van der Waals surface area contributed by atoms with Gasteiger partial charge in [-0.25, -0.2) is 26.9 Å². The molecule has 0 N–H and O–H groups in total. The van der Waals surface area contributed by atoms with Gasteiger partial charge in [0.05, 0.1) is 5.56 Å². The molecule has 3 rings (SSSR count). The van der Waals surface area contributed by atoms with E-state index in [-0.39, 0.29) is 5.82 Å². The Balaban J connectivity index is 2.27. The van der Waals surface area contributed by atoms with Gasteiger partial charge in [-0.05, 0) is 11.6 Å². The third kappa shape index (κ3) is 2.69. The van der Waals surface area contributed by atoms with E-state index < -0.39 is 45.8 Å². The molecule has 0 aliphatic carbocycles. The number of rotatable bonds is 2. The minimum Gasteiger partial charge on any atom is -0.208 e. The average Bonchev–Trinajstić information content (AvgIpc) is 2.59. The molecule has 3 aromatic rings. The van der Waals surface area contributed by atoms with Gasteiger partial charge in [-0.15, -0.1) is 0 Å². The van der Waals surface area contributed by atoms with E-state index in [4.69, 9.17) is 11.6 Å². The normalized spacial score (nSPS) is 10.9. The van der Waals surface area contributed by atoms with Crippen LogP contribution in [0, 0.1) is 29.1 Å². The minimum absolute atomic E-state index is 0.0745. The van der Waals surface area contributed by atoms with Crippen LogP contribution >= 0.6 is 11.6 Å². The molecule has 0 atom stereocenters. The van der Waals surface area contributed by atoms with Crippen molar-refractivity contribution in [3.8, 4) is 22.8 Å². The first kappa shape index (κ1) is 16.3. The number of aromatic nitrogens is 3. The highest BCUT2D eigenvalue weighted by atomic mass is 35.5. The molecule has 3 nitrogen and oxygen atoms in total. The number of nitrogens with zero attached hydrogens (tertiary/aromatic N) is 3. The maximum atomic E-state index is 13.9. The summed E-state index contributed by atoms with van der Waals surface area (Å²) in [4.78, 5) is 11.0. The van der Waals surface area contributed by atoms with Crippen molar-refractivity contribution < 1.29 is 22.0 Å². The summed E-state index contributed by atoms with van der Waals surface area (Å²) in [6.07, 6.45) is 0. The zero-order valence-electron chi connectivity index (χ0n) is 11.5. The van der Waals surface area contributed by atoms with Crippen LogP contribution in [0.1, 0.15) is 0 Å². The smallest absolute Gasteiger partial charge is 0.208 e. The van der Waals surface area contributed by atoms with E-state index >= 15 is 0 Å². The summed E-state index contributed by atoms with van der Waals surface area (Å²) in [6, 6.07) is 8.15. The fourth-order valence-corrected chi connectivity index (χ4v) is 2.14. The monoisotopic (exact) mass is 357 g/mol. The van der Waals surface area contributed by atoms with Gasteiger partial charge in [0, 0.05) is 5.56 Å². The van der Waals surface area contributed by atoms with Gasteiger partial charge in [0.25, 0.3) is 0 Å². The Labute approximate surface area is 136 Å². The van der Waals surface area contributed by atoms with Crippen molar-refractivity contribution in [2.75, 3.05) is 0 Å². The summed E-state index contributed by atoms with van der Waals surface area (Å²) in [5.74, 6) is -11.4. The maximum absolute atomic E-state index is 13.9. The zero-order chi connectivity index (χ0) is 17.4. The Morgan fingerprint density at radius 1 is 0.625 bits per heavy atom. The first-order valence-corrected chi connectivity index (χ1v) is 6.76. The number of hydrogen-bond acceptors (Lipinski definition) is 3. The molecule has 24 heavy (non-hydrogen) atoms. The predicted molar refractivity (Wildman–Crippen MR) is 75.5 cm³/mol. The van der Waals surface area contributed by atoms with Gasteiger partial charge < -0.3 is 0 Å². The molecule has 122 valence electrons. The Morgan fingerprint density at radius 2 is 1.12 bits per heavy atom. The maximum Gasteiger partial charge on any atom is 0.226 e. The lowest BCUT2D eigenvalue weighted by atomic mass is 10.1. The van der Waals surface area contributed by atoms with E-state index in [1.807, 2.05) is 0 Å². The Bertz CT molecular complexity index is 905. The van der Waals surface area contributed by atoms with Crippen molar-refractivity contribution in [3.05, 3.63) is 64.7 Å². The number of halogens is 6. The molecule has 1 heterocycles. The zero-order valence-corrected chi connectivity index (χ0v) is 12.3. The SMILES string of the molecule is Fc1c(F)c(F)c(-c2nc(Cl)nc(-c3ccccc3)n2)c(F)c1F. The van der Waals surface area contributed by atoms with E-state index in [9.17, 15) is 22.0 Å². The molecule has 0 spiro atoms. The molecule has 0 saturated heterocycles. The molecule has 0 radical (unpaired) electrons. The predicted octanol–water partition coefficient (Wildman–Crippen LogP) is 4.55. The van der Waals surface area contributed by atoms with Gasteiger partial charge in [-0.3, -0.25) is 0 Å². The van der Waals surface area contributed by atoms with Crippen LogP contribution in [0.5, 0.6) is 0 Å². The Kier molecular flexibility index (Phi) is 4.15. The number of benzene rings is 2. The second-order valence-electron chi connectivity index (χ2n) is 4.56. The highest BCUT2D eigenvalue weighted by Gasteiger charge is 2.28. The highest BCUT2D eigenvalue weighted by Crippen LogP contribution is 2.30. The van der Waals surface area contributed by atoms with Crippen LogP contribution in [0.2, 0.25) is 5.28 Å². The van der Waals surface area contributed by atoms with Gasteiger partial charge in [-0.2, -0.15) is 9.97 Å². The molecular formula is C15H5ClF5N3. The van der Waals surface area contributed by atoms with Crippen LogP contribution in [-0.4, -0.2) is 15.0 Å². The van der Waals surface area contributed by atoms with Crippen LogP contribution in [0.4, 0.5) is 22.0 Å². The third-order valence-electron chi connectivity index (χ3n) is 3.07. The fourth-order valence-electron chi connectivity index (χ4n) is 1.98. The van der Waals surface area contributed by atoms with Crippen molar-refractivity contribution in [2.24, 2.45) is 0 Å². The quantitative estimate of drug-likeness (QED) is 0.383. The lowest BCUT2D eigenvalue weighted by Gasteiger charge is -2.08. The van der Waals surface area contributed by atoms with Crippen molar-refractivity contribution in [2.45, 2.75) is 0 Å². The molecule has 0 saturated carbocycles. The lowest BCUT2D eigenvalue weighted by Crippen LogP contribution is -2.07. The van der Waals surface area contributed by atoms with E-state index in [2.05, 4.69) is 15.0 Å². The molecule has 0 fully saturated rings. The van der Waals surface area contributed by atoms with Crippen LogP contribution in [0.15, 0.2) is 30.3 Å². The van der Waals surface area contributed by atoms with Crippen molar-refractivity contribution in [1.82, 2.24) is 15.0 Å². The minimum atomic E-state index is -2.27. The van der Waals surface area contributed by atoms with Gasteiger partial charge in [0.1, 0.15) is 0 Å². The molecule has 9 heteroatoms. The van der Waals surface area contributed by atoms with Crippen LogP contribution in [0.25, 0.3) is 22.8 Å². The van der Waals surface area contributed by atoms with Gasteiger partial charge >= 0.3 is 0 Å². The third-order valence-corrected chi connectivity index (χ3v) is 3.24. The molecule has 0 aliphatic heterocycles. The van der Waals surface area contributed by atoms with Gasteiger partial charge in [0.2, 0.25) is 11.1 Å². The van der Waals surface area contributed by atoms with E-state index in [0.717, 1.165) is 0 Å². The summed E-state index contributed by atoms with van der Waals surface area (Å²) < 4.78 is 67.6. The molecule has 1 aromatic heterocycles. The van der Waals surface area contributed by atoms with Crippen LogP contribution in [0.3, 0.4) is 0 Å². The molecule has 0 aliphatic rings. The van der Waals surface area contributed by atoms with E-state index in [1.165, 1.54) is 0 Å². The van der Waals surface area contributed by atoms with Gasteiger partial charge in [0.15, 0.2) is 34.9 Å². The van der Waals surface area contributed by atoms with Crippen LogP contribution in [-0.2, 0) is 0 Å². The lowest BCUT2D eigenvalue weighted by molar-refractivity contribution is 0.381. The highest BCUT2D eigenvalue weighted by molar-refractivity contribution is 6.28. The molecule has 0 amide bonds. The largest absolute Gasteiger partial charge is 0.226 e. The Hall–Kier alpha value is -2.61. The summed E-state index contributed by atoms with van der Waals surface area (Å²) in [5.41, 5.74) is -0.847. The summed E-state index contributed by atoms with van der Waals surface area (Å²) >= 11 is 5.70. The molecule has 2 aromatic carbocycles. The first-order chi connectivity index (χ1) is 11.4. The second-order valence-corrected chi connectivity index (χ2v) is 4.90. The topological polar surface area (TPSA) is 38.7 Å². The van der Waals surface area contributed by atoms with E-state index in [0.29, 0.717) is 5.56 Å². The fraction of sp³-hybridized carbons (Fsp3) is 0. The van der Waals surface area contributed by atoms with Crippen molar-refractivity contribution in [3.63, 3.8) is 0 Å². The molecule has 0 bridgehead atoms. The average molecular weight is 358 g/mol. The van der Waals surface area contributed by atoms with Crippen LogP contribution < -0.4 is 0 Å². The summed E-state index contributed by atoms with van der Waals surface area (Å²) in [7, 11) is 0. The number of hydrogen-bond donors (Lipinski definition) is 0. The second kappa shape index (κ2) is 6.12. The Morgan fingerprint density at radius 3 is 1.71 bits per heavy atom. The van der Waals surface area contributed by atoms with E-state index in [1.54, 1.807) is 30.3 Å². The standard InChI is InChI=1S/C15H5ClF5N3/c16-15-23-13(6-4-2-1-3-5-6)22-14(24-15)7-8(17)10(19)12(21)11(20)9(7)18/h1-5H. The van der Waals surface area contributed by atoms with Gasteiger partial charge in [-0.1, -0.05) is 30.3 Å². The van der Waals surface area contributed by atoms with Crippen molar-refractivity contribution >= 4 is 11.6 Å². The first-order valence-electron chi connectivity index (χ1n) is 6.39. The summed E-state index contributed by atoms with van der Waals surface area (Å²) in [6.45, 7) is 0. The molecular weight excluding hydrogens is 353 g/mol. The van der Waals surface area contributed by atoms with Crippen molar-refractivity contribution in [1.29, 1.82) is 0 Å².